The number of fused-ring (bicyclic) bond motifs is 1. The summed E-state index contributed by atoms with van der Waals surface area (Å²) in [7, 11) is -14.3. The molecule has 0 atom stereocenters. The van der Waals surface area contributed by atoms with Crippen molar-refractivity contribution in [2.45, 2.75) is 36.0 Å². The molecule has 0 saturated carbocycles. The van der Waals surface area contributed by atoms with Crippen molar-refractivity contribution < 1.29 is 147 Å². The van der Waals surface area contributed by atoms with Gasteiger partial charge in [-0.05, 0) is 60.7 Å². The number of aromatic hydroxyl groups is 1. The van der Waals surface area contributed by atoms with Crippen LogP contribution < -0.4 is 99.7 Å². The van der Waals surface area contributed by atoms with Crippen LogP contribution in [0.4, 0.5) is 17.1 Å². The van der Waals surface area contributed by atoms with Crippen molar-refractivity contribution in [1.82, 2.24) is 0 Å². The number of aryl methyl sites for hydroxylation is 2. The average Bonchev–Trinajstić information content (AvgIpc) is 2.81. The van der Waals surface area contributed by atoms with Gasteiger partial charge in [0.15, 0.2) is 9.84 Å². The Hall–Kier alpha value is 0.0800. The fraction of sp³-hybridized carbons (Fsp3) is 0.238. The van der Waals surface area contributed by atoms with Gasteiger partial charge in [0.1, 0.15) is 21.6 Å². The van der Waals surface area contributed by atoms with E-state index in [2.05, 4.69) is 23.8 Å². The van der Waals surface area contributed by atoms with Crippen LogP contribution in [0.3, 0.4) is 0 Å². The number of hydrogen-bond acceptors (Lipinski definition) is 17. The van der Waals surface area contributed by atoms with Crippen molar-refractivity contribution >= 4 is 70.2 Å². The first-order chi connectivity index (χ1) is 18.4. The molecule has 0 aliphatic heterocycles. The smallest absolute Gasteiger partial charge is 0.744 e. The molecule has 0 bridgehead atoms. The third-order valence-electron chi connectivity index (χ3n) is 5.26. The van der Waals surface area contributed by atoms with Gasteiger partial charge in [-0.3, -0.25) is 9.22 Å². The number of benzene rings is 3. The molecule has 0 saturated heterocycles. The Bertz CT molecular complexity index is 1840. The summed E-state index contributed by atoms with van der Waals surface area (Å²) in [5.41, 5.74) is 5.40. The van der Waals surface area contributed by atoms with Gasteiger partial charge in [-0.15, -0.1) is 5.11 Å². The summed E-state index contributed by atoms with van der Waals surface area (Å²) in [6.45, 7) is 1.98. The van der Waals surface area contributed by atoms with Crippen LogP contribution in [0, 0.1) is 13.8 Å². The second kappa shape index (κ2) is 18.6. The van der Waals surface area contributed by atoms with E-state index in [0.717, 1.165) is 12.1 Å². The van der Waals surface area contributed by atoms with E-state index in [1.165, 1.54) is 32.0 Å². The number of phenols is 1. The quantitative estimate of drug-likeness (QED) is 0.0272. The molecule has 0 aliphatic rings. The number of azo groups is 1. The van der Waals surface area contributed by atoms with Crippen molar-refractivity contribution in [3.8, 4) is 5.75 Å². The SMILES string of the molecule is C.Cc1cc(S(=O)(=O)CCOS(=O)(=O)[O-])c(C)cc1N=Nc1c(N)c(S(=O)(=O)[O-])cc2cc(SOO[O-])cc(O)c12.[Na+].[Na+].[Na+]. The average molecular weight is 722 g/mol. The van der Waals surface area contributed by atoms with E-state index in [9.17, 15) is 44.7 Å². The minimum Gasteiger partial charge on any atom is -0.744 e. The number of nitrogens with two attached hydrogens (primary N) is 1. The summed E-state index contributed by atoms with van der Waals surface area (Å²) in [6.07, 6.45) is 0. The third-order valence-corrected chi connectivity index (χ3v) is 8.96. The molecule has 226 valence electrons. The molecular weight excluding hydrogens is 699 g/mol. The van der Waals surface area contributed by atoms with Crippen LogP contribution in [0.1, 0.15) is 18.6 Å². The van der Waals surface area contributed by atoms with E-state index in [-0.39, 0.29) is 133 Å². The molecule has 0 aliphatic carbocycles. The first-order valence-corrected chi connectivity index (χ1v) is 15.6. The zero-order valence-electron chi connectivity index (χ0n) is 23.3. The van der Waals surface area contributed by atoms with E-state index in [0.29, 0.717) is 12.0 Å². The fourth-order valence-corrected chi connectivity index (χ4v) is 6.45. The summed E-state index contributed by atoms with van der Waals surface area (Å²) < 4.78 is 101. The van der Waals surface area contributed by atoms with Crippen molar-refractivity contribution in [2.24, 2.45) is 10.2 Å². The number of hydrogen-bond donors (Lipinski definition) is 2. The van der Waals surface area contributed by atoms with Gasteiger partial charge in [0.05, 0.1) is 51.0 Å². The standard InChI is InChI=1S/C20H21N3O13S4.CH4.3Na/c1-10-6-16(38(26,27)4-3-34-40(31,32)33)11(2)5-14(10)22-23-20-18-12(8-17(19(20)21)39(28,29)30)7-13(9-15(18)24)37-36-35-25;;;;/h5-9,24-25H,3-4,21H2,1-2H3,(H,28,29,30)(H,31,32,33);1H4;;;/q;;3*+1/p-3. The molecular formula is C21H22N3Na3O13S4. The molecule has 3 aromatic rings. The maximum absolute atomic E-state index is 12.6. The van der Waals surface area contributed by atoms with E-state index in [1.807, 2.05) is 0 Å². The third kappa shape index (κ3) is 12.0. The van der Waals surface area contributed by atoms with Crippen LogP contribution in [0.15, 0.2) is 55.2 Å². The molecule has 16 nitrogen and oxygen atoms in total. The number of phenolic OH excluding ortho intramolecular Hbond substituents is 1. The van der Waals surface area contributed by atoms with Crippen molar-refractivity contribution in [1.29, 1.82) is 0 Å². The van der Waals surface area contributed by atoms with Gasteiger partial charge in [0.2, 0.25) is 10.4 Å². The summed E-state index contributed by atoms with van der Waals surface area (Å²) >= 11 is 0.386. The monoisotopic (exact) mass is 721 g/mol. The predicted octanol–water partition coefficient (Wildman–Crippen LogP) is -6.81. The topological polar surface area (TPSA) is 270 Å². The molecule has 3 aromatic carbocycles. The van der Waals surface area contributed by atoms with E-state index >= 15 is 0 Å². The van der Waals surface area contributed by atoms with Gasteiger partial charge in [0.25, 0.3) is 0 Å². The summed E-state index contributed by atoms with van der Waals surface area (Å²) in [5.74, 6) is -1.30. The van der Waals surface area contributed by atoms with Crippen molar-refractivity contribution in [3.63, 3.8) is 0 Å². The van der Waals surface area contributed by atoms with E-state index in [1.54, 1.807) is 0 Å². The van der Waals surface area contributed by atoms with Crippen LogP contribution in [-0.2, 0) is 43.9 Å². The Morgan fingerprint density at radius 1 is 0.909 bits per heavy atom. The number of sulfone groups is 1. The molecule has 0 aromatic heterocycles. The molecule has 0 amide bonds. The molecule has 0 unspecified atom stereocenters. The Labute approximate surface area is 324 Å². The Morgan fingerprint density at radius 2 is 1.52 bits per heavy atom. The van der Waals surface area contributed by atoms with Gasteiger partial charge in [0, 0.05) is 4.90 Å². The number of rotatable bonds is 11. The number of nitrogen functional groups attached to an aromatic ring is 1. The van der Waals surface area contributed by atoms with Crippen molar-refractivity contribution in [2.75, 3.05) is 18.1 Å². The van der Waals surface area contributed by atoms with E-state index in [4.69, 9.17) is 5.73 Å². The van der Waals surface area contributed by atoms with Crippen LogP contribution in [-0.4, -0.2) is 51.8 Å². The maximum Gasteiger partial charge on any atom is 1.00 e. The van der Waals surface area contributed by atoms with Crippen molar-refractivity contribution in [3.05, 3.63) is 41.5 Å². The molecule has 44 heavy (non-hydrogen) atoms. The molecule has 3 rings (SSSR count). The predicted molar refractivity (Wildman–Crippen MR) is 141 cm³/mol. The zero-order chi connectivity index (χ0) is 30.0. The molecule has 0 heterocycles. The second-order valence-electron chi connectivity index (χ2n) is 8.00. The molecule has 0 radical (unpaired) electrons. The second-order valence-corrected chi connectivity index (χ2v) is 13.3. The van der Waals surface area contributed by atoms with Gasteiger partial charge >= 0.3 is 88.7 Å². The first-order valence-electron chi connectivity index (χ1n) is 10.5. The van der Waals surface area contributed by atoms with Gasteiger partial charge in [-0.1, -0.05) is 7.43 Å². The molecule has 0 spiro atoms. The molecule has 3 N–H and O–H groups in total. The van der Waals surface area contributed by atoms with Crippen LogP contribution in [0.5, 0.6) is 5.75 Å². The fourth-order valence-electron chi connectivity index (χ4n) is 3.55. The summed E-state index contributed by atoms with van der Waals surface area (Å²) in [5, 5.41) is 31.8. The van der Waals surface area contributed by atoms with Gasteiger partial charge in [-0.2, -0.15) is 9.45 Å². The maximum atomic E-state index is 12.6. The van der Waals surface area contributed by atoms with Crippen LogP contribution >= 0.6 is 12.0 Å². The number of anilines is 1. The normalized spacial score (nSPS) is 11.8. The van der Waals surface area contributed by atoms with Gasteiger partial charge in [-0.25, -0.2) is 25.3 Å². The van der Waals surface area contributed by atoms with Crippen LogP contribution in [0.2, 0.25) is 0 Å². The Kier molecular flexibility index (Phi) is 19.5. The Balaban J connectivity index is 0. The van der Waals surface area contributed by atoms with Crippen LogP contribution in [0.25, 0.3) is 10.8 Å². The minimum atomic E-state index is -5.13. The minimum absolute atomic E-state index is 0. The molecule has 23 heteroatoms. The van der Waals surface area contributed by atoms with Gasteiger partial charge < -0.3 is 25.2 Å². The first kappa shape index (κ1) is 46.2. The number of nitrogens with zero attached hydrogens (tertiary/aromatic N) is 2. The largest absolute Gasteiger partial charge is 1.00 e. The summed E-state index contributed by atoms with van der Waals surface area (Å²) in [4.78, 5) is -0.982. The zero-order valence-corrected chi connectivity index (χ0v) is 32.5. The summed E-state index contributed by atoms with van der Waals surface area (Å²) in [6, 6.07) is 5.78. The molecule has 0 fully saturated rings. The Morgan fingerprint density at radius 3 is 2.07 bits per heavy atom. The van der Waals surface area contributed by atoms with E-state index < -0.39 is 64.7 Å².